The lowest BCUT2D eigenvalue weighted by Gasteiger charge is -2.20. The number of nitrogens with one attached hydrogen (secondary N) is 1. The highest BCUT2D eigenvalue weighted by atomic mass is 127. The molecule has 4 heteroatoms. The molecule has 0 aliphatic carbocycles. The Labute approximate surface area is 137 Å². The van der Waals surface area contributed by atoms with Gasteiger partial charge >= 0.3 is 0 Å². The summed E-state index contributed by atoms with van der Waals surface area (Å²) in [5.74, 6) is 0. The number of hydrogen-bond acceptors (Lipinski definition) is 1. The van der Waals surface area contributed by atoms with E-state index < -0.39 is 0 Å². The van der Waals surface area contributed by atoms with Crippen molar-refractivity contribution in [3.05, 3.63) is 67.2 Å². The van der Waals surface area contributed by atoms with Gasteiger partial charge in [-0.15, -0.1) is 0 Å². The van der Waals surface area contributed by atoms with Gasteiger partial charge in [0.1, 0.15) is 0 Å². The maximum absolute atomic E-state index is 6.12. The van der Waals surface area contributed by atoms with E-state index in [-0.39, 0.29) is 6.04 Å². The van der Waals surface area contributed by atoms with Gasteiger partial charge in [0.25, 0.3) is 0 Å². The van der Waals surface area contributed by atoms with Crippen molar-refractivity contribution in [3.63, 3.8) is 0 Å². The second-order valence-electron chi connectivity index (χ2n) is 4.19. The summed E-state index contributed by atoms with van der Waals surface area (Å²) < 4.78 is 1.23. The average Bonchev–Trinajstić information content (AvgIpc) is 2.40. The molecule has 0 saturated heterocycles. The zero-order valence-corrected chi connectivity index (χ0v) is 14.1. The summed E-state index contributed by atoms with van der Waals surface area (Å²) in [5, 5.41) is 4.67. The first-order valence-corrected chi connectivity index (χ1v) is 7.89. The minimum absolute atomic E-state index is 0.132. The first kappa shape index (κ1) is 15.1. The second-order valence-corrected chi connectivity index (χ2v) is 6.16. The van der Waals surface area contributed by atoms with Gasteiger partial charge in [0.15, 0.2) is 0 Å². The molecule has 1 N–H and O–H groups in total. The summed E-state index contributed by atoms with van der Waals surface area (Å²) in [5.41, 5.74) is 2.38. The third-order valence-corrected chi connectivity index (χ3v) is 4.62. The summed E-state index contributed by atoms with van der Waals surface area (Å²) in [6.45, 7) is 2.98. The van der Waals surface area contributed by atoms with Gasteiger partial charge in [-0.3, -0.25) is 0 Å². The van der Waals surface area contributed by atoms with Crippen LogP contribution < -0.4 is 5.32 Å². The van der Waals surface area contributed by atoms with Gasteiger partial charge in [-0.05, 0) is 58.5 Å². The van der Waals surface area contributed by atoms with Crippen LogP contribution in [0.25, 0.3) is 0 Å². The molecule has 0 saturated carbocycles. The third-order valence-electron chi connectivity index (χ3n) is 2.90. The monoisotopic (exact) mass is 405 g/mol. The molecule has 1 atom stereocenters. The molecule has 0 spiro atoms. The van der Waals surface area contributed by atoms with Gasteiger partial charge in [0.2, 0.25) is 0 Å². The van der Waals surface area contributed by atoms with E-state index in [1.807, 2.05) is 24.3 Å². The standard InChI is InChI=1S/C15H14Cl2IN/c1-2-19-15(11-5-3-4-6-14(11)18)10-7-8-12(16)13(17)9-10/h3-9,15,19H,2H2,1H3. The molecule has 2 aromatic rings. The van der Waals surface area contributed by atoms with Crippen LogP contribution in [0, 0.1) is 3.57 Å². The largest absolute Gasteiger partial charge is 0.306 e. The molecule has 0 fully saturated rings. The highest BCUT2D eigenvalue weighted by molar-refractivity contribution is 14.1. The fraction of sp³-hybridized carbons (Fsp3) is 0.200. The normalized spacial score (nSPS) is 12.4. The van der Waals surface area contributed by atoms with E-state index in [9.17, 15) is 0 Å². The topological polar surface area (TPSA) is 12.0 Å². The third kappa shape index (κ3) is 3.63. The Morgan fingerprint density at radius 3 is 2.47 bits per heavy atom. The minimum Gasteiger partial charge on any atom is -0.306 e. The predicted molar refractivity (Wildman–Crippen MR) is 91.1 cm³/mol. The van der Waals surface area contributed by atoms with E-state index in [0.29, 0.717) is 10.0 Å². The molecule has 0 aliphatic heterocycles. The van der Waals surface area contributed by atoms with Crippen molar-refractivity contribution < 1.29 is 0 Å². The predicted octanol–water partition coefficient (Wildman–Crippen LogP) is 5.30. The van der Waals surface area contributed by atoms with E-state index in [1.165, 1.54) is 9.13 Å². The molecule has 2 rings (SSSR count). The maximum Gasteiger partial charge on any atom is 0.0595 e. The minimum atomic E-state index is 0.132. The van der Waals surface area contributed by atoms with Crippen molar-refractivity contribution in [2.45, 2.75) is 13.0 Å². The average molecular weight is 406 g/mol. The van der Waals surface area contributed by atoms with E-state index in [4.69, 9.17) is 23.2 Å². The first-order valence-electron chi connectivity index (χ1n) is 6.06. The van der Waals surface area contributed by atoms with Gasteiger partial charge < -0.3 is 5.32 Å². The molecule has 0 heterocycles. The lowest BCUT2D eigenvalue weighted by molar-refractivity contribution is 0.628. The molecule has 1 unspecified atom stereocenters. The fourth-order valence-electron chi connectivity index (χ4n) is 2.01. The van der Waals surface area contributed by atoms with Crippen LogP contribution >= 0.6 is 45.8 Å². The van der Waals surface area contributed by atoms with Crippen molar-refractivity contribution in [1.82, 2.24) is 5.32 Å². The molecule has 0 bridgehead atoms. The van der Waals surface area contributed by atoms with Crippen molar-refractivity contribution in [2.75, 3.05) is 6.54 Å². The van der Waals surface area contributed by atoms with Crippen LogP contribution in [0.5, 0.6) is 0 Å². The number of benzene rings is 2. The van der Waals surface area contributed by atoms with Crippen LogP contribution in [0.3, 0.4) is 0 Å². The highest BCUT2D eigenvalue weighted by Crippen LogP contribution is 2.30. The van der Waals surface area contributed by atoms with Crippen LogP contribution in [0.15, 0.2) is 42.5 Å². The van der Waals surface area contributed by atoms with Gasteiger partial charge in [0.05, 0.1) is 16.1 Å². The van der Waals surface area contributed by atoms with E-state index in [2.05, 4.69) is 53.0 Å². The van der Waals surface area contributed by atoms with Gasteiger partial charge in [-0.2, -0.15) is 0 Å². The molecule has 0 aliphatic rings. The zero-order chi connectivity index (χ0) is 13.8. The zero-order valence-electron chi connectivity index (χ0n) is 10.5. The Hall–Kier alpha value is -0.290. The van der Waals surface area contributed by atoms with Crippen molar-refractivity contribution in [3.8, 4) is 0 Å². The van der Waals surface area contributed by atoms with E-state index in [1.54, 1.807) is 0 Å². The summed E-state index contributed by atoms with van der Waals surface area (Å²) >= 11 is 14.5. The van der Waals surface area contributed by atoms with Crippen LogP contribution in [0.1, 0.15) is 24.1 Å². The van der Waals surface area contributed by atoms with Crippen LogP contribution in [-0.2, 0) is 0 Å². The molecule has 2 aromatic carbocycles. The maximum atomic E-state index is 6.12. The van der Waals surface area contributed by atoms with E-state index in [0.717, 1.165) is 12.1 Å². The Morgan fingerprint density at radius 2 is 1.84 bits per heavy atom. The lowest BCUT2D eigenvalue weighted by atomic mass is 9.99. The number of halogens is 3. The smallest absolute Gasteiger partial charge is 0.0595 e. The van der Waals surface area contributed by atoms with Crippen molar-refractivity contribution in [2.24, 2.45) is 0 Å². The Balaban J connectivity index is 2.45. The van der Waals surface area contributed by atoms with Gasteiger partial charge in [0, 0.05) is 3.57 Å². The number of hydrogen-bond donors (Lipinski definition) is 1. The molecule has 19 heavy (non-hydrogen) atoms. The molecule has 0 aromatic heterocycles. The van der Waals surface area contributed by atoms with Gasteiger partial charge in [-0.25, -0.2) is 0 Å². The number of rotatable bonds is 4. The first-order chi connectivity index (χ1) is 9.13. The lowest BCUT2D eigenvalue weighted by Crippen LogP contribution is -2.22. The summed E-state index contributed by atoms with van der Waals surface area (Å²) in [6, 6.07) is 14.3. The van der Waals surface area contributed by atoms with Gasteiger partial charge in [-0.1, -0.05) is 54.4 Å². The van der Waals surface area contributed by atoms with Crippen LogP contribution in [0.2, 0.25) is 10.0 Å². The molecular weight excluding hydrogens is 392 g/mol. The Kier molecular flexibility index (Phi) is 5.51. The summed E-state index contributed by atoms with van der Waals surface area (Å²) in [4.78, 5) is 0. The highest BCUT2D eigenvalue weighted by Gasteiger charge is 2.16. The second kappa shape index (κ2) is 6.93. The van der Waals surface area contributed by atoms with Crippen LogP contribution in [-0.4, -0.2) is 6.54 Å². The fourth-order valence-corrected chi connectivity index (χ4v) is 3.02. The quantitative estimate of drug-likeness (QED) is 0.680. The van der Waals surface area contributed by atoms with Crippen LogP contribution in [0.4, 0.5) is 0 Å². The Bertz CT molecular complexity index is 572. The van der Waals surface area contributed by atoms with Crippen molar-refractivity contribution >= 4 is 45.8 Å². The molecule has 0 amide bonds. The summed E-state index contributed by atoms with van der Waals surface area (Å²) in [6.07, 6.45) is 0. The molecular formula is C15H14Cl2IN. The Morgan fingerprint density at radius 1 is 1.11 bits per heavy atom. The van der Waals surface area contributed by atoms with E-state index >= 15 is 0 Å². The molecule has 1 nitrogen and oxygen atoms in total. The SMILES string of the molecule is CCNC(c1ccc(Cl)c(Cl)c1)c1ccccc1I. The molecule has 100 valence electrons. The summed E-state index contributed by atoms with van der Waals surface area (Å²) in [7, 11) is 0. The van der Waals surface area contributed by atoms with Crippen molar-refractivity contribution in [1.29, 1.82) is 0 Å². The molecule has 0 radical (unpaired) electrons.